The summed E-state index contributed by atoms with van der Waals surface area (Å²) in [5.41, 5.74) is 6.32. The van der Waals surface area contributed by atoms with Crippen molar-refractivity contribution in [2.45, 2.75) is 31.6 Å². The molecule has 3 rings (SSSR count). The van der Waals surface area contributed by atoms with E-state index in [1.165, 1.54) is 0 Å². The van der Waals surface area contributed by atoms with Gasteiger partial charge in [0, 0.05) is 38.2 Å². The van der Waals surface area contributed by atoms with Crippen molar-refractivity contribution < 1.29 is 13.2 Å². The molecule has 0 atom stereocenters. The third kappa shape index (κ3) is 4.01. The van der Waals surface area contributed by atoms with Gasteiger partial charge >= 0.3 is 0 Å². The summed E-state index contributed by atoms with van der Waals surface area (Å²) in [7, 11) is -1.78. The Labute approximate surface area is 161 Å². The fraction of sp³-hybridized carbons (Fsp3) is 0.579. The van der Waals surface area contributed by atoms with E-state index in [9.17, 15) is 13.2 Å². The normalized spacial score (nSPS) is 19.6. The van der Waals surface area contributed by atoms with Gasteiger partial charge in [-0.2, -0.15) is 8.42 Å². The second kappa shape index (κ2) is 7.24. The summed E-state index contributed by atoms with van der Waals surface area (Å²) in [6.45, 7) is 6.49. The van der Waals surface area contributed by atoms with E-state index in [2.05, 4.69) is 18.2 Å². The Morgan fingerprint density at radius 2 is 1.93 bits per heavy atom. The molecule has 2 aliphatic rings. The largest absolute Gasteiger partial charge is 0.355 e. The van der Waals surface area contributed by atoms with Crippen LogP contribution in [0.25, 0.3) is 0 Å². The standard InChI is InChI=1S/C19H28N4O3S/c1-19(2,12-20)13-22(3)18(24)14-8-10-23(11-9-14)17-15-6-4-5-7-16(15)27(25,26)21-17/h4-7,14H,8-13,20H2,1-3H3. The molecule has 2 heterocycles. The maximum atomic E-state index is 12.8. The molecule has 7 nitrogen and oxygen atoms in total. The Hall–Kier alpha value is -1.93. The molecular formula is C19H28N4O3S. The number of piperidine rings is 1. The summed E-state index contributed by atoms with van der Waals surface area (Å²) < 4.78 is 28.5. The number of carbonyl (C=O) groups is 1. The second-order valence-corrected chi connectivity index (χ2v) is 9.78. The Morgan fingerprint density at radius 3 is 2.56 bits per heavy atom. The summed E-state index contributed by atoms with van der Waals surface area (Å²) in [5.74, 6) is 0.598. The van der Waals surface area contributed by atoms with Crippen molar-refractivity contribution in [1.82, 2.24) is 9.80 Å². The highest BCUT2D eigenvalue weighted by Gasteiger charge is 2.35. The maximum absolute atomic E-state index is 12.8. The lowest BCUT2D eigenvalue weighted by atomic mass is 9.91. The third-order valence-electron chi connectivity index (χ3n) is 5.35. The van der Waals surface area contributed by atoms with Gasteiger partial charge in [-0.15, -0.1) is 4.40 Å². The van der Waals surface area contributed by atoms with E-state index in [1.807, 2.05) is 18.0 Å². The number of nitrogens with zero attached hydrogens (tertiary/aromatic N) is 3. The topological polar surface area (TPSA) is 96.1 Å². The van der Waals surface area contributed by atoms with Crippen molar-refractivity contribution in [3.05, 3.63) is 29.8 Å². The molecule has 2 N–H and O–H groups in total. The molecule has 0 unspecified atom stereocenters. The molecular weight excluding hydrogens is 364 g/mol. The minimum absolute atomic E-state index is 0.0475. The number of amidine groups is 1. The lowest BCUT2D eigenvalue weighted by molar-refractivity contribution is -0.136. The van der Waals surface area contributed by atoms with Gasteiger partial charge in [-0.3, -0.25) is 4.79 Å². The first-order valence-electron chi connectivity index (χ1n) is 9.29. The molecule has 1 fully saturated rings. The molecule has 0 radical (unpaired) electrons. The molecule has 1 aromatic rings. The zero-order chi connectivity index (χ0) is 19.8. The van der Waals surface area contributed by atoms with Crippen LogP contribution in [-0.4, -0.2) is 63.2 Å². The van der Waals surface area contributed by atoms with Crippen LogP contribution in [0.1, 0.15) is 32.3 Å². The van der Waals surface area contributed by atoms with Gasteiger partial charge < -0.3 is 15.5 Å². The quantitative estimate of drug-likeness (QED) is 0.833. The molecule has 0 spiro atoms. The minimum atomic E-state index is -3.61. The zero-order valence-electron chi connectivity index (χ0n) is 16.2. The Morgan fingerprint density at radius 1 is 1.30 bits per heavy atom. The van der Waals surface area contributed by atoms with Gasteiger partial charge in [-0.05, 0) is 36.9 Å². The van der Waals surface area contributed by atoms with Crippen molar-refractivity contribution in [3.8, 4) is 0 Å². The fourth-order valence-corrected chi connectivity index (χ4v) is 4.98. The Bertz CT molecular complexity index is 855. The van der Waals surface area contributed by atoms with Crippen LogP contribution in [0.5, 0.6) is 0 Å². The van der Waals surface area contributed by atoms with E-state index >= 15 is 0 Å². The van der Waals surface area contributed by atoms with E-state index in [4.69, 9.17) is 5.73 Å². The van der Waals surface area contributed by atoms with Gasteiger partial charge in [-0.25, -0.2) is 0 Å². The second-order valence-electron chi connectivity index (χ2n) is 8.21. The number of rotatable bonds is 4. The lowest BCUT2D eigenvalue weighted by Gasteiger charge is -2.36. The van der Waals surface area contributed by atoms with E-state index in [0.29, 0.717) is 50.4 Å². The van der Waals surface area contributed by atoms with E-state index in [1.54, 1.807) is 23.1 Å². The van der Waals surface area contributed by atoms with Crippen molar-refractivity contribution in [2.75, 3.05) is 33.2 Å². The number of hydrogen-bond donors (Lipinski definition) is 1. The molecule has 148 valence electrons. The van der Waals surface area contributed by atoms with Gasteiger partial charge in [-0.1, -0.05) is 26.0 Å². The average Bonchev–Trinajstić information content (AvgIpc) is 2.92. The number of hydrogen-bond acceptors (Lipinski definition) is 5. The SMILES string of the molecule is CN(CC(C)(C)CN)C(=O)C1CCN(C2=NS(=O)(=O)c3ccccc32)CC1. The molecule has 8 heteroatoms. The molecule has 1 amide bonds. The predicted octanol–water partition coefficient (Wildman–Crippen LogP) is 1.29. The summed E-state index contributed by atoms with van der Waals surface area (Å²) in [4.78, 5) is 16.8. The summed E-state index contributed by atoms with van der Waals surface area (Å²) in [6, 6.07) is 6.91. The molecule has 1 aromatic carbocycles. The van der Waals surface area contributed by atoms with Gasteiger partial charge in [0.25, 0.3) is 10.0 Å². The number of carbonyl (C=O) groups excluding carboxylic acids is 1. The van der Waals surface area contributed by atoms with Crippen LogP contribution in [0.15, 0.2) is 33.6 Å². The number of amides is 1. The average molecular weight is 393 g/mol. The van der Waals surface area contributed by atoms with E-state index in [0.717, 1.165) is 0 Å². The lowest BCUT2D eigenvalue weighted by Crippen LogP contribution is -2.46. The molecule has 0 bridgehead atoms. The smallest absolute Gasteiger partial charge is 0.285 e. The highest BCUT2D eigenvalue weighted by Crippen LogP contribution is 2.30. The Balaban J connectivity index is 1.66. The van der Waals surface area contributed by atoms with Crippen LogP contribution in [0, 0.1) is 11.3 Å². The van der Waals surface area contributed by atoms with Crippen molar-refractivity contribution in [2.24, 2.45) is 21.5 Å². The van der Waals surface area contributed by atoms with Crippen LogP contribution in [0.4, 0.5) is 0 Å². The van der Waals surface area contributed by atoms with Crippen molar-refractivity contribution in [3.63, 3.8) is 0 Å². The molecule has 0 aliphatic carbocycles. The fourth-order valence-electron chi connectivity index (χ4n) is 3.75. The summed E-state index contributed by atoms with van der Waals surface area (Å²) in [5, 5.41) is 0. The molecule has 1 saturated heterocycles. The first-order valence-corrected chi connectivity index (χ1v) is 10.7. The zero-order valence-corrected chi connectivity index (χ0v) is 17.0. The predicted molar refractivity (Wildman–Crippen MR) is 105 cm³/mol. The third-order valence-corrected chi connectivity index (χ3v) is 6.68. The highest BCUT2D eigenvalue weighted by atomic mass is 32.2. The van der Waals surface area contributed by atoms with Crippen LogP contribution in [0.3, 0.4) is 0 Å². The van der Waals surface area contributed by atoms with Crippen LogP contribution in [-0.2, 0) is 14.8 Å². The first kappa shape index (κ1) is 19.8. The van der Waals surface area contributed by atoms with Gasteiger partial charge in [0.2, 0.25) is 5.91 Å². The molecule has 0 saturated carbocycles. The van der Waals surface area contributed by atoms with Gasteiger partial charge in [0.1, 0.15) is 4.90 Å². The van der Waals surface area contributed by atoms with Crippen LogP contribution < -0.4 is 5.73 Å². The van der Waals surface area contributed by atoms with Gasteiger partial charge in [0.15, 0.2) is 5.84 Å². The molecule has 27 heavy (non-hydrogen) atoms. The van der Waals surface area contributed by atoms with E-state index < -0.39 is 10.0 Å². The summed E-state index contributed by atoms with van der Waals surface area (Å²) in [6.07, 6.45) is 1.38. The van der Waals surface area contributed by atoms with Gasteiger partial charge in [0.05, 0.1) is 0 Å². The number of likely N-dealkylation sites (tertiary alicyclic amines) is 1. The van der Waals surface area contributed by atoms with Crippen molar-refractivity contribution >= 4 is 21.8 Å². The van der Waals surface area contributed by atoms with E-state index in [-0.39, 0.29) is 22.1 Å². The van der Waals surface area contributed by atoms with Crippen LogP contribution >= 0.6 is 0 Å². The number of sulfonamides is 1. The minimum Gasteiger partial charge on any atom is -0.355 e. The Kier molecular flexibility index (Phi) is 5.31. The highest BCUT2D eigenvalue weighted by molar-refractivity contribution is 7.90. The van der Waals surface area contributed by atoms with Crippen LogP contribution in [0.2, 0.25) is 0 Å². The molecule has 2 aliphatic heterocycles. The number of benzene rings is 1. The molecule has 0 aromatic heterocycles. The maximum Gasteiger partial charge on any atom is 0.285 e. The first-order chi connectivity index (χ1) is 12.6. The monoisotopic (exact) mass is 392 g/mol. The summed E-state index contributed by atoms with van der Waals surface area (Å²) >= 11 is 0. The number of nitrogens with two attached hydrogens (primary N) is 1. The number of fused-ring (bicyclic) bond motifs is 1. The van der Waals surface area contributed by atoms with Crippen molar-refractivity contribution in [1.29, 1.82) is 0 Å².